The standard InChI is InChI=1S/C15H16F3NO3S/c1-9-6-11(14(21)22)8-19(7-9)13(20)10-2-4-12(5-3-10)23-15(16,17)18/h2-5,9,11H,6-8H2,1H3,(H,21,22). The zero-order valence-corrected chi connectivity index (χ0v) is 13.2. The Kier molecular flexibility index (Phi) is 5.23. The van der Waals surface area contributed by atoms with Crippen molar-refractivity contribution in [1.82, 2.24) is 4.90 Å². The molecule has 0 aromatic heterocycles. The van der Waals surface area contributed by atoms with Crippen molar-refractivity contribution in [2.45, 2.75) is 23.7 Å². The molecule has 8 heteroatoms. The van der Waals surface area contributed by atoms with E-state index in [1.54, 1.807) is 0 Å². The van der Waals surface area contributed by atoms with Crippen molar-refractivity contribution in [3.63, 3.8) is 0 Å². The van der Waals surface area contributed by atoms with E-state index >= 15 is 0 Å². The van der Waals surface area contributed by atoms with Gasteiger partial charge >= 0.3 is 11.5 Å². The van der Waals surface area contributed by atoms with Crippen molar-refractivity contribution < 1.29 is 27.9 Å². The Morgan fingerprint density at radius 2 is 1.83 bits per heavy atom. The molecule has 126 valence electrons. The lowest BCUT2D eigenvalue weighted by molar-refractivity contribution is -0.143. The number of aliphatic carboxylic acids is 1. The molecule has 0 aliphatic carbocycles. The Labute approximate surface area is 135 Å². The molecule has 1 heterocycles. The molecule has 1 N–H and O–H groups in total. The molecule has 2 rings (SSSR count). The predicted octanol–water partition coefficient (Wildman–Crippen LogP) is 3.48. The average Bonchev–Trinajstić information content (AvgIpc) is 2.45. The number of amides is 1. The van der Waals surface area contributed by atoms with E-state index < -0.39 is 17.4 Å². The molecule has 2 unspecified atom stereocenters. The molecule has 1 aromatic rings. The van der Waals surface area contributed by atoms with Gasteiger partial charge in [0.2, 0.25) is 0 Å². The van der Waals surface area contributed by atoms with Crippen LogP contribution in [-0.4, -0.2) is 40.5 Å². The molecule has 0 spiro atoms. The summed E-state index contributed by atoms with van der Waals surface area (Å²) in [6.07, 6.45) is 0.514. The van der Waals surface area contributed by atoms with Crippen LogP contribution in [0, 0.1) is 11.8 Å². The molecular formula is C15H16F3NO3S. The molecule has 1 aliphatic heterocycles. The largest absolute Gasteiger partial charge is 0.481 e. The number of benzene rings is 1. The fourth-order valence-corrected chi connectivity index (χ4v) is 3.22. The van der Waals surface area contributed by atoms with Gasteiger partial charge in [-0.05, 0) is 48.4 Å². The number of carboxylic acids is 1. The number of thioether (sulfide) groups is 1. The van der Waals surface area contributed by atoms with Crippen molar-refractivity contribution in [3.8, 4) is 0 Å². The maximum atomic E-state index is 12.4. The molecule has 2 atom stereocenters. The summed E-state index contributed by atoms with van der Waals surface area (Å²) < 4.78 is 36.9. The van der Waals surface area contributed by atoms with Crippen LogP contribution in [-0.2, 0) is 4.79 Å². The highest BCUT2D eigenvalue weighted by Crippen LogP contribution is 2.36. The van der Waals surface area contributed by atoms with Gasteiger partial charge in [-0.3, -0.25) is 9.59 Å². The normalized spacial score (nSPS) is 22.0. The van der Waals surface area contributed by atoms with Crippen LogP contribution in [0.5, 0.6) is 0 Å². The maximum absolute atomic E-state index is 12.4. The Balaban J connectivity index is 2.09. The van der Waals surface area contributed by atoms with Gasteiger partial charge in [0, 0.05) is 23.5 Å². The Hall–Kier alpha value is -1.70. The van der Waals surface area contributed by atoms with Gasteiger partial charge in [0.15, 0.2) is 0 Å². The number of halogens is 3. The summed E-state index contributed by atoms with van der Waals surface area (Å²) in [6, 6.07) is 5.16. The number of alkyl halides is 3. The van der Waals surface area contributed by atoms with Gasteiger partial charge in [-0.2, -0.15) is 13.2 Å². The van der Waals surface area contributed by atoms with Crippen LogP contribution in [0.4, 0.5) is 13.2 Å². The number of carbonyl (C=O) groups is 2. The topological polar surface area (TPSA) is 57.6 Å². The first kappa shape index (κ1) is 17.7. The summed E-state index contributed by atoms with van der Waals surface area (Å²) in [5.41, 5.74) is -4.11. The van der Waals surface area contributed by atoms with E-state index in [4.69, 9.17) is 5.11 Å². The van der Waals surface area contributed by atoms with Gasteiger partial charge in [0.25, 0.3) is 5.91 Å². The SMILES string of the molecule is CC1CC(C(=O)O)CN(C(=O)c2ccc(SC(F)(F)F)cc2)C1. The number of carboxylic acid groups (broad SMARTS) is 1. The summed E-state index contributed by atoms with van der Waals surface area (Å²) in [5.74, 6) is -1.84. The van der Waals surface area contributed by atoms with Gasteiger partial charge < -0.3 is 10.0 Å². The van der Waals surface area contributed by atoms with Crippen LogP contribution < -0.4 is 0 Å². The van der Waals surface area contributed by atoms with Gasteiger partial charge in [-0.1, -0.05) is 6.92 Å². The van der Waals surface area contributed by atoms with Gasteiger partial charge in [-0.25, -0.2) is 0 Å². The highest BCUT2D eigenvalue weighted by Gasteiger charge is 2.32. The van der Waals surface area contributed by atoms with Crippen LogP contribution in [0.2, 0.25) is 0 Å². The first-order valence-corrected chi connectivity index (χ1v) is 7.85. The zero-order chi connectivity index (χ0) is 17.2. The third-order valence-corrected chi connectivity index (χ3v) is 4.37. The molecule has 0 saturated carbocycles. The average molecular weight is 347 g/mol. The van der Waals surface area contributed by atoms with E-state index in [9.17, 15) is 22.8 Å². The number of hydrogen-bond donors (Lipinski definition) is 1. The first-order chi connectivity index (χ1) is 10.7. The number of piperidine rings is 1. The van der Waals surface area contributed by atoms with Gasteiger partial charge in [0.1, 0.15) is 0 Å². The van der Waals surface area contributed by atoms with Gasteiger partial charge in [0.05, 0.1) is 5.92 Å². The minimum atomic E-state index is -4.37. The minimum absolute atomic E-state index is 0.00414. The smallest absolute Gasteiger partial charge is 0.446 e. The summed E-state index contributed by atoms with van der Waals surface area (Å²) in [5, 5.41) is 9.12. The predicted molar refractivity (Wildman–Crippen MR) is 79.2 cm³/mol. The summed E-state index contributed by atoms with van der Waals surface area (Å²) in [7, 11) is 0. The fourth-order valence-electron chi connectivity index (χ4n) is 2.68. The second-order valence-corrected chi connectivity index (χ2v) is 6.80. The van der Waals surface area contributed by atoms with Crippen LogP contribution in [0.3, 0.4) is 0 Å². The Morgan fingerprint density at radius 1 is 1.22 bits per heavy atom. The van der Waals surface area contributed by atoms with Crippen LogP contribution >= 0.6 is 11.8 Å². The molecule has 1 saturated heterocycles. The molecular weight excluding hydrogens is 331 g/mol. The Morgan fingerprint density at radius 3 is 2.35 bits per heavy atom. The lowest BCUT2D eigenvalue weighted by Crippen LogP contribution is -2.45. The van der Waals surface area contributed by atoms with E-state index in [-0.39, 0.29) is 40.6 Å². The molecule has 1 fully saturated rings. The number of rotatable bonds is 3. The monoisotopic (exact) mass is 347 g/mol. The number of likely N-dealkylation sites (tertiary alicyclic amines) is 1. The first-order valence-electron chi connectivity index (χ1n) is 7.03. The number of hydrogen-bond acceptors (Lipinski definition) is 3. The fraction of sp³-hybridized carbons (Fsp3) is 0.467. The van der Waals surface area contributed by atoms with E-state index in [0.717, 1.165) is 0 Å². The number of carbonyl (C=O) groups excluding carboxylic acids is 1. The summed E-state index contributed by atoms with van der Waals surface area (Å²) >= 11 is -0.241. The Bertz CT molecular complexity index is 589. The lowest BCUT2D eigenvalue weighted by atomic mass is 9.90. The third-order valence-electron chi connectivity index (χ3n) is 3.63. The van der Waals surface area contributed by atoms with Crippen molar-refractivity contribution in [3.05, 3.63) is 29.8 Å². The number of nitrogens with zero attached hydrogens (tertiary/aromatic N) is 1. The van der Waals surface area contributed by atoms with Crippen LogP contribution in [0.25, 0.3) is 0 Å². The van der Waals surface area contributed by atoms with E-state index in [2.05, 4.69) is 0 Å². The molecule has 1 aromatic carbocycles. The minimum Gasteiger partial charge on any atom is -0.481 e. The van der Waals surface area contributed by atoms with Crippen molar-refractivity contribution in [1.29, 1.82) is 0 Å². The molecule has 1 aliphatic rings. The lowest BCUT2D eigenvalue weighted by Gasteiger charge is -2.34. The summed E-state index contributed by atoms with van der Waals surface area (Å²) in [6.45, 7) is 2.44. The second kappa shape index (κ2) is 6.82. The highest BCUT2D eigenvalue weighted by molar-refractivity contribution is 8.00. The van der Waals surface area contributed by atoms with E-state index in [1.807, 2.05) is 6.92 Å². The van der Waals surface area contributed by atoms with Crippen molar-refractivity contribution >= 4 is 23.6 Å². The molecule has 0 radical (unpaired) electrons. The van der Waals surface area contributed by atoms with Crippen LogP contribution in [0.1, 0.15) is 23.7 Å². The zero-order valence-electron chi connectivity index (χ0n) is 12.3. The van der Waals surface area contributed by atoms with Crippen LogP contribution in [0.15, 0.2) is 29.2 Å². The highest BCUT2D eigenvalue weighted by atomic mass is 32.2. The van der Waals surface area contributed by atoms with E-state index in [1.165, 1.54) is 29.2 Å². The van der Waals surface area contributed by atoms with E-state index in [0.29, 0.717) is 13.0 Å². The maximum Gasteiger partial charge on any atom is 0.446 e. The quantitative estimate of drug-likeness (QED) is 0.851. The second-order valence-electron chi connectivity index (χ2n) is 5.66. The van der Waals surface area contributed by atoms with Crippen molar-refractivity contribution in [2.24, 2.45) is 11.8 Å². The van der Waals surface area contributed by atoms with Gasteiger partial charge in [-0.15, -0.1) is 0 Å². The van der Waals surface area contributed by atoms with Crippen molar-refractivity contribution in [2.75, 3.05) is 13.1 Å². The molecule has 23 heavy (non-hydrogen) atoms. The third kappa shape index (κ3) is 4.89. The molecule has 1 amide bonds. The molecule has 4 nitrogen and oxygen atoms in total. The molecule has 0 bridgehead atoms. The summed E-state index contributed by atoms with van der Waals surface area (Å²) in [4.78, 5) is 25.0.